The molecule has 1 aromatic carbocycles. The van der Waals surface area contributed by atoms with E-state index in [4.69, 9.17) is 5.11 Å². The van der Waals surface area contributed by atoms with E-state index in [1.54, 1.807) is 36.5 Å². The fourth-order valence-electron chi connectivity index (χ4n) is 2.21. The van der Waals surface area contributed by atoms with E-state index < -0.39 is 24.9 Å². The van der Waals surface area contributed by atoms with Crippen LogP contribution in [0.5, 0.6) is 0 Å². The molecule has 2 rings (SSSR count). The van der Waals surface area contributed by atoms with E-state index >= 15 is 0 Å². The minimum Gasteiger partial charge on any atom is -0.478 e. The van der Waals surface area contributed by atoms with Crippen LogP contribution in [-0.4, -0.2) is 51.6 Å². The van der Waals surface area contributed by atoms with Crippen molar-refractivity contribution in [3.8, 4) is 0 Å². The zero-order chi connectivity index (χ0) is 18.2. The Morgan fingerprint density at radius 2 is 1.96 bits per heavy atom. The molecule has 1 aromatic heterocycles. The summed E-state index contributed by atoms with van der Waals surface area (Å²) in [5, 5.41) is 33.3. The molecule has 0 aliphatic rings. The second-order valence-electron chi connectivity index (χ2n) is 5.37. The summed E-state index contributed by atoms with van der Waals surface area (Å²) < 4.78 is 0. The van der Waals surface area contributed by atoms with E-state index in [-0.39, 0.29) is 18.5 Å². The number of nitrogens with one attached hydrogen (secondary N) is 2. The predicted octanol–water partition coefficient (Wildman–Crippen LogP) is -0.0688. The van der Waals surface area contributed by atoms with Crippen molar-refractivity contribution in [3.63, 3.8) is 0 Å². The Kier molecular flexibility index (Phi) is 6.50. The van der Waals surface area contributed by atoms with Crippen LogP contribution in [0.25, 0.3) is 0 Å². The third-order valence-electron chi connectivity index (χ3n) is 3.43. The van der Waals surface area contributed by atoms with Crippen LogP contribution in [0.1, 0.15) is 15.9 Å². The van der Waals surface area contributed by atoms with Gasteiger partial charge in [0, 0.05) is 6.20 Å². The van der Waals surface area contributed by atoms with Gasteiger partial charge in [-0.05, 0) is 36.2 Å². The van der Waals surface area contributed by atoms with E-state index in [1.807, 2.05) is 0 Å². The van der Waals surface area contributed by atoms with Crippen LogP contribution < -0.4 is 10.6 Å². The third kappa shape index (κ3) is 5.90. The number of carbonyl (C=O) groups is 2. The van der Waals surface area contributed by atoms with Gasteiger partial charge in [0.2, 0.25) is 5.91 Å². The molecule has 1 amide bonds. The lowest BCUT2D eigenvalue weighted by atomic mass is 9.75. The summed E-state index contributed by atoms with van der Waals surface area (Å²) in [4.78, 5) is 27.0. The number of aromatic nitrogens is 1. The highest BCUT2D eigenvalue weighted by Gasteiger charge is 2.25. The normalized spacial score (nSPS) is 11.4. The number of pyridine rings is 1. The van der Waals surface area contributed by atoms with Crippen LogP contribution in [0.3, 0.4) is 0 Å². The molecule has 130 valence electrons. The van der Waals surface area contributed by atoms with Crippen LogP contribution in [0.15, 0.2) is 48.7 Å². The van der Waals surface area contributed by atoms with Crippen molar-refractivity contribution in [2.75, 3.05) is 11.9 Å². The van der Waals surface area contributed by atoms with Gasteiger partial charge in [-0.1, -0.05) is 18.2 Å². The zero-order valence-corrected chi connectivity index (χ0v) is 13.3. The molecule has 0 aliphatic carbocycles. The van der Waals surface area contributed by atoms with Gasteiger partial charge < -0.3 is 25.8 Å². The molecular weight excluding hydrogens is 325 g/mol. The Morgan fingerprint density at radius 1 is 1.16 bits per heavy atom. The molecule has 0 bridgehead atoms. The molecule has 0 fully saturated rings. The van der Waals surface area contributed by atoms with E-state index in [1.165, 1.54) is 12.1 Å². The summed E-state index contributed by atoms with van der Waals surface area (Å²) in [5.74, 6) is -1.97. The number of rotatable bonds is 8. The van der Waals surface area contributed by atoms with Crippen molar-refractivity contribution in [2.45, 2.75) is 12.4 Å². The van der Waals surface area contributed by atoms with Gasteiger partial charge in [0.25, 0.3) is 0 Å². The maximum Gasteiger partial charge on any atom is 0.475 e. The van der Waals surface area contributed by atoms with Crippen LogP contribution in [0, 0.1) is 0 Å². The van der Waals surface area contributed by atoms with Gasteiger partial charge in [-0.15, -0.1) is 0 Å². The van der Waals surface area contributed by atoms with E-state index in [2.05, 4.69) is 15.6 Å². The summed E-state index contributed by atoms with van der Waals surface area (Å²) >= 11 is 0. The quantitative estimate of drug-likeness (QED) is 0.424. The first-order valence-corrected chi connectivity index (χ1v) is 7.58. The number of amides is 1. The van der Waals surface area contributed by atoms with Gasteiger partial charge in [0.15, 0.2) is 0 Å². The number of nitrogens with zero attached hydrogens (tertiary/aromatic N) is 1. The molecule has 0 aliphatic heterocycles. The minimum atomic E-state index is -1.78. The molecule has 25 heavy (non-hydrogen) atoms. The summed E-state index contributed by atoms with van der Waals surface area (Å²) in [6, 6.07) is 11.3. The first kappa shape index (κ1) is 18.4. The van der Waals surface area contributed by atoms with Gasteiger partial charge in [0.05, 0.1) is 18.0 Å². The van der Waals surface area contributed by atoms with Crippen LogP contribution in [-0.2, 0) is 11.2 Å². The number of carboxylic acids is 1. The predicted molar refractivity (Wildman–Crippen MR) is 92.0 cm³/mol. The SMILES string of the molecule is O=C(CNc1ccccn1)NC(Cc1cccc(C(=O)O)c1)B(O)O. The minimum absolute atomic E-state index is 0.0775. The lowest BCUT2D eigenvalue weighted by Gasteiger charge is -2.18. The van der Waals surface area contributed by atoms with Gasteiger partial charge >= 0.3 is 13.1 Å². The molecule has 1 heterocycles. The van der Waals surface area contributed by atoms with Crippen molar-refractivity contribution < 1.29 is 24.7 Å². The molecule has 1 atom stereocenters. The molecule has 0 spiro atoms. The fraction of sp³-hybridized carbons (Fsp3) is 0.188. The molecule has 0 saturated heterocycles. The monoisotopic (exact) mass is 343 g/mol. The molecular formula is C16H18BN3O5. The first-order valence-electron chi connectivity index (χ1n) is 7.58. The van der Waals surface area contributed by atoms with Crippen molar-refractivity contribution in [2.24, 2.45) is 0 Å². The van der Waals surface area contributed by atoms with Crippen molar-refractivity contribution in [1.82, 2.24) is 10.3 Å². The zero-order valence-electron chi connectivity index (χ0n) is 13.3. The summed E-state index contributed by atoms with van der Waals surface area (Å²) in [7, 11) is -1.78. The summed E-state index contributed by atoms with van der Waals surface area (Å²) in [6.45, 7) is -0.0879. The molecule has 2 aromatic rings. The van der Waals surface area contributed by atoms with Gasteiger partial charge in [-0.2, -0.15) is 0 Å². The lowest BCUT2D eigenvalue weighted by molar-refractivity contribution is -0.119. The number of carbonyl (C=O) groups excluding carboxylic acids is 1. The number of benzene rings is 1. The Bertz CT molecular complexity index is 727. The first-order chi connectivity index (χ1) is 12.0. The highest BCUT2D eigenvalue weighted by Crippen LogP contribution is 2.09. The molecule has 8 nitrogen and oxygen atoms in total. The maximum absolute atomic E-state index is 12.0. The smallest absolute Gasteiger partial charge is 0.475 e. The average molecular weight is 343 g/mol. The largest absolute Gasteiger partial charge is 0.478 e. The maximum atomic E-state index is 12.0. The highest BCUT2D eigenvalue weighted by molar-refractivity contribution is 6.43. The Morgan fingerprint density at radius 3 is 2.60 bits per heavy atom. The second kappa shape index (κ2) is 8.81. The highest BCUT2D eigenvalue weighted by atomic mass is 16.4. The number of aromatic carboxylic acids is 1. The molecule has 5 N–H and O–H groups in total. The summed E-state index contributed by atoms with van der Waals surface area (Å²) in [5.41, 5.74) is 0.655. The van der Waals surface area contributed by atoms with Gasteiger partial charge in [0.1, 0.15) is 5.82 Å². The molecule has 0 saturated carbocycles. The number of hydrogen-bond donors (Lipinski definition) is 5. The topological polar surface area (TPSA) is 132 Å². The van der Waals surface area contributed by atoms with Crippen LogP contribution >= 0.6 is 0 Å². The Labute approximate surface area is 144 Å². The summed E-state index contributed by atoms with van der Waals surface area (Å²) in [6.07, 6.45) is 1.66. The standard InChI is InChI=1S/C16H18BN3O5/c21-15(10-19-14-6-1-2-7-18-14)20-13(17(24)25)9-11-4-3-5-12(8-11)16(22)23/h1-8,13,24-25H,9-10H2,(H,18,19)(H,20,21)(H,22,23). The van der Waals surface area contributed by atoms with E-state index in [0.29, 0.717) is 11.4 Å². The van der Waals surface area contributed by atoms with Gasteiger partial charge in [-0.3, -0.25) is 4.79 Å². The Balaban J connectivity index is 1.95. The second-order valence-corrected chi connectivity index (χ2v) is 5.37. The fourth-order valence-corrected chi connectivity index (χ4v) is 2.21. The molecule has 1 unspecified atom stereocenters. The van der Waals surface area contributed by atoms with Crippen LogP contribution in [0.2, 0.25) is 0 Å². The van der Waals surface area contributed by atoms with Crippen molar-refractivity contribution in [3.05, 3.63) is 59.8 Å². The third-order valence-corrected chi connectivity index (χ3v) is 3.43. The van der Waals surface area contributed by atoms with Crippen molar-refractivity contribution in [1.29, 1.82) is 0 Å². The number of carboxylic acid groups (broad SMARTS) is 1. The van der Waals surface area contributed by atoms with Gasteiger partial charge in [-0.25, -0.2) is 9.78 Å². The molecule has 0 radical (unpaired) electrons. The average Bonchev–Trinajstić information content (AvgIpc) is 2.60. The lowest BCUT2D eigenvalue weighted by Crippen LogP contribution is -2.49. The van der Waals surface area contributed by atoms with Crippen LogP contribution in [0.4, 0.5) is 5.82 Å². The van der Waals surface area contributed by atoms with E-state index in [9.17, 15) is 19.6 Å². The number of hydrogen-bond acceptors (Lipinski definition) is 6. The Hall–Kier alpha value is -2.91. The van der Waals surface area contributed by atoms with E-state index in [0.717, 1.165) is 0 Å². The molecule has 9 heteroatoms. The number of anilines is 1. The van der Waals surface area contributed by atoms with Crippen molar-refractivity contribution >= 4 is 24.8 Å².